The Kier molecular flexibility index (Phi) is 3.54. The Morgan fingerprint density at radius 1 is 1.28 bits per heavy atom. The lowest BCUT2D eigenvalue weighted by molar-refractivity contribution is -0.186. The van der Waals surface area contributed by atoms with Gasteiger partial charge in [0.1, 0.15) is 6.10 Å². The van der Waals surface area contributed by atoms with Crippen molar-refractivity contribution in [1.29, 1.82) is 0 Å². The summed E-state index contributed by atoms with van der Waals surface area (Å²) in [7, 11) is 0. The molecule has 2 heterocycles. The number of hydrogen-bond donors (Lipinski definition) is 0. The van der Waals surface area contributed by atoms with Gasteiger partial charge in [0, 0.05) is 29.6 Å². The van der Waals surface area contributed by atoms with E-state index in [4.69, 9.17) is 14.2 Å². The molecule has 0 unspecified atom stereocenters. The number of aromatic nitrogens is 1. The van der Waals surface area contributed by atoms with Gasteiger partial charge in [-0.1, -0.05) is 15.9 Å². The second-order valence-electron chi connectivity index (χ2n) is 4.74. The molecule has 1 saturated heterocycles. The molecular formula is C13H16BrNO3. The lowest BCUT2D eigenvalue weighted by atomic mass is 9.92. The third kappa shape index (κ3) is 2.68. The van der Waals surface area contributed by atoms with Crippen molar-refractivity contribution in [3.05, 3.63) is 22.8 Å². The molecule has 1 aliphatic carbocycles. The molecule has 18 heavy (non-hydrogen) atoms. The molecular weight excluding hydrogens is 298 g/mol. The molecule has 0 N–H and O–H groups in total. The third-order valence-electron chi connectivity index (χ3n) is 3.49. The van der Waals surface area contributed by atoms with Gasteiger partial charge in [-0.15, -0.1) is 0 Å². The first-order valence-electron chi connectivity index (χ1n) is 6.32. The summed E-state index contributed by atoms with van der Waals surface area (Å²) in [6.07, 6.45) is 5.68. The van der Waals surface area contributed by atoms with Crippen molar-refractivity contribution in [2.75, 3.05) is 13.2 Å². The minimum atomic E-state index is -0.315. The summed E-state index contributed by atoms with van der Waals surface area (Å²) in [5.74, 6) is 0.364. The molecule has 5 heteroatoms. The fourth-order valence-corrected chi connectivity index (χ4v) is 2.87. The highest BCUT2D eigenvalue weighted by Crippen LogP contribution is 2.36. The summed E-state index contributed by atoms with van der Waals surface area (Å²) in [4.78, 5) is 4.21. The van der Waals surface area contributed by atoms with E-state index in [-0.39, 0.29) is 11.9 Å². The van der Waals surface area contributed by atoms with Gasteiger partial charge in [0.2, 0.25) is 5.88 Å². The van der Waals surface area contributed by atoms with Crippen LogP contribution >= 0.6 is 15.9 Å². The number of pyridine rings is 1. The molecule has 1 aliphatic heterocycles. The SMILES string of the molecule is Brc1ccnc(OC2CCC3(CC2)OCCO3)c1. The van der Waals surface area contributed by atoms with Crippen LogP contribution in [0.15, 0.2) is 22.8 Å². The van der Waals surface area contributed by atoms with Crippen molar-refractivity contribution in [3.8, 4) is 5.88 Å². The molecule has 1 saturated carbocycles. The molecule has 2 aliphatic rings. The Morgan fingerprint density at radius 2 is 2.00 bits per heavy atom. The Morgan fingerprint density at radius 3 is 2.67 bits per heavy atom. The quantitative estimate of drug-likeness (QED) is 0.841. The van der Waals surface area contributed by atoms with Crippen LogP contribution in [-0.4, -0.2) is 30.1 Å². The van der Waals surface area contributed by atoms with Gasteiger partial charge in [0.25, 0.3) is 0 Å². The third-order valence-corrected chi connectivity index (χ3v) is 3.99. The summed E-state index contributed by atoms with van der Waals surface area (Å²) < 4.78 is 18.3. The molecule has 0 amide bonds. The Hall–Kier alpha value is -0.650. The predicted molar refractivity (Wildman–Crippen MR) is 69.5 cm³/mol. The summed E-state index contributed by atoms with van der Waals surface area (Å²) in [6.45, 7) is 1.44. The molecule has 3 rings (SSSR count). The fraction of sp³-hybridized carbons (Fsp3) is 0.615. The van der Waals surface area contributed by atoms with E-state index in [0.717, 1.165) is 43.4 Å². The smallest absolute Gasteiger partial charge is 0.214 e. The molecule has 1 aromatic rings. The first-order valence-corrected chi connectivity index (χ1v) is 7.11. The number of halogens is 1. The molecule has 0 radical (unpaired) electrons. The van der Waals surface area contributed by atoms with Crippen LogP contribution in [0.5, 0.6) is 5.88 Å². The fourth-order valence-electron chi connectivity index (χ4n) is 2.56. The van der Waals surface area contributed by atoms with Crippen LogP contribution in [0.2, 0.25) is 0 Å². The Labute approximate surface area is 115 Å². The number of hydrogen-bond acceptors (Lipinski definition) is 4. The second kappa shape index (κ2) is 5.15. The maximum Gasteiger partial charge on any atom is 0.214 e. The van der Waals surface area contributed by atoms with E-state index in [0.29, 0.717) is 5.88 Å². The molecule has 98 valence electrons. The van der Waals surface area contributed by atoms with E-state index >= 15 is 0 Å². The molecule has 0 bridgehead atoms. The van der Waals surface area contributed by atoms with Gasteiger partial charge in [-0.3, -0.25) is 0 Å². The Balaban J connectivity index is 1.57. The van der Waals surface area contributed by atoms with Gasteiger partial charge in [-0.25, -0.2) is 4.98 Å². The molecule has 2 fully saturated rings. The highest BCUT2D eigenvalue weighted by atomic mass is 79.9. The normalized spacial score (nSPS) is 23.4. The van der Waals surface area contributed by atoms with Gasteiger partial charge < -0.3 is 14.2 Å². The first-order chi connectivity index (χ1) is 8.76. The minimum Gasteiger partial charge on any atom is -0.474 e. The maximum absolute atomic E-state index is 5.89. The van der Waals surface area contributed by atoms with Gasteiger partial charge >= 0.3 is 0 Å². The molecule has 1 aromatic heterocycles. The number of nitrogens with zero attached hydrogens (tertiary/aromatic N) is 1. The van der Waals surface area contributed by atoms with Gasteiger partial charge in [-0.05, 0) is 18.9 Å². The zero-order chi connectivity index (χ0) is 12.4. The van der Waals surface area contributed by atoms with Gasteiger partial charge in [-0.2, -0.15) is 0 Å². The largest absolute Gasteiger partial charge is 0.474 e. The average molecular weight is 314 g/mol. The van der Waals surface area contributed by atoms with E-state index in [1.165, 1.54) is 0 Å². The summed E-state index contributed by atoms with van der Waals surface area (Å²) in [5, 5.41) is 0. The molecule has 0 atom stereocenters. The van der Waals surface area contributed by atoms with Crippen molar-refractivity contribution in [3.63, 3.8) is 0 Å². The van der Waals surface area contributed by atoms with Crippen molar-refractivity contribution >= 4 is 15.9 Å². The van der Waals surface area contributed by atoms with Crippen LogP contribution in [0.4, 0.5) is 0 Å². The van der Waals surface area contributed by atoms with E-state index in [1.54, 1.807) is 6.20 Å². The van der Waals surface area contributed by atoms with Gasteiger partial charge in [0.15, 0.2) is 5.79 Å². The standard InChI is InChI=1S/C13H16BrNO3/c14-10-3-6-15-12(9-10)18-11-1-4-13(5-2-11)16-7-8-17-13/h3,6,9,11H,1-2,4-5,7-8H2. The zero-order valence-electron chi connectivity index (χ0n) is 10.1. The number of ether oxygens (including phenoxy) is 3. The number of rotatable bonds is 2. The van der Waals surface area contributed by atoms with Gasteiger partial charge in [0.05, 0.1) is 13.2 Å². The summed E-state index contributed by atoms with van der Waals surface area (Å²) in [6, 6.07) is 3.79. The summed E-state index contributed by atoms with van der Waals surface area (Å²) >= 11 is 3.42. The van der Waals surface area contributed by atoms with Crippen LogP contribution in [-0.2, 0) is 9.47 Å². The van der Waals surface area contributed by atoms with E-state index in [9.17, 15) is 0 Å². The van der Waals surface area contributed by atoms with Crippen molar-refractivity contribution in [2.45, 2.75) is 37.6 Å². The van der Waals surface area contributed by atoms with E-state index < -0.39 is 0 Å². The lowest BCUT2D eigenvalue weighted by Crippen LogP contribution is -2.38. The maximum atomic E-state index is 5.89. The summed E-state index contributed by atoms with van der Waals surface area (Å²) in [5.41, 5.74) is 0. The van der Waals surface area contributed by atoms with Crippen molar-refractivity contribution in [1.82, 2.24) is 4.98 Å². The molecule has 1 spiro atoms. The van der Waals surface area contributed by atoms with E-state index in [1.807, 2.05) is 12.1 Å². The highest BCUT2D eigenvalue weighted by molar-refractivity contribution is 9.10. The predicted octanol–water partition coefficient (Wildman–Crippen LogP) is 2.91. The monoisotopic (exact) mass is 313 g/mol. The molecule has 4 nitrogen and oxygen atoms in total. The highest BCUT2D eigenvalue weighted by Gasteiger charge is 2.40. The van der Waals surface area contributed by atoms with E-state index in [2.05, 4.69) is 20.9 Å². The average Bonchev–Trinajstić information content (AvgIpc) is 2.81. The van der Waals surface area contributed by atoms with Crippen molar-refractivity contribution < 1.29 is 14.2 Å². The second-order valence-corrected chi connectivity index (χ2v) is 5.65. The first kappa shape index (κ1) is 12.4. The van der Waals surface area contributed by atoms with Crippen LogP contribution in [0.25, 0.3) is 0 Å². The van der Waals surface area contributed by atoms with Crippen LogP contribution < -0.4 is 4.74 Å². The van der Waals surface area contributed by atoms with Crippen LogP contribution in [0.3, 0.4) is 0 Å². The van der Waals surface area contributed by atoms with Crippen LogP contribution in [0.1, 0.15) is 25.7 Å². The topological polar surface area (TPSA) is 40.6 Å². The Bertz CT molecular complexity index is 410. The minimum absolute atomic E-state index is 0.213. The zero-order valence-corrected chi connectivity index (χ0v) is 11.7. The molecule has 0 aromatic carbocycles. The van der Waals surface area contributed by atoms with Crippen LogP contribution in [0, 0.1) is 0 Å². The van der Waals surface area contributed by atoms with Crippen molar-refractivity contribution in [2.24, 2.45) is 0 Å². The lowest BCUT2D eigenvalue weighted by Gasteiger charge is -2.35.